The molecule has 4 nitrogen and oxygen atoms in total. The molecule has 0 aliphatic heterocycles. The molecule has 1 fully saturated rings. The predicted octanol–water partition coefficient (Wildman–Crippen LogP) is 1.84. The largest absolute Gasteiger partial charge is 0.393 e. The first-order chi connectivity index (χ1) is 9.19. The number of hydrogen-bond acceptors (Lipinski definition) is 3. The Kier molecular flexibility index (Phi) is 4.53. The maximum absolute atomic E-state index is 11.9. The lowest BCUT2D eigenvalue weighted by molar-refractivity contribution is 0.0874. The molecule has 2 N–H and O–H groups in total. The minimum absolute atomic E-state index is 0.121. The minimum Gasteiger partial charge on any atom is -0.393 e. The van der Waals surface area contributed by atoms with Gasteiger partial charge in [-0.25, -0.2) is 0 Å². The number of benzene rings is 1. The number of carbonyl (C=O) groups excluding carboxylic acids is 1. The summed E-state index contributed by atoms with van der Waals surface area (Å²) in [5.41, 5.74) is 1.11. The standard InChI is InChI=1S/C15H18N2O2/c16-9-11-4-6-13(7-5-11)15(19)17-10-12-2-1-3-14(18)8-12/h4-7,12,14,18H,1-3,8,10H2,(H,17,19). The lowest BCUT2D eigenvalue weighted by atomic mass is 9.87. The minimum atomic E-state index is -0.217. The van der Waals surface area contributed by atoms with Crippen LogP contribution in [-0.4, -0.2) is 23.7 Å². The van der Waals surface area contributed by atoms with Crippen molar-refractivity contribution >= 4 is 5.91 Å². The van der Waals surface area contributed by atoms with Gasteiger partial charge in [-0.05, 0) is 49.4 Å². The molecule has 1 aromatic rings. The van der Waals surface area contributed by atoms with E-state index in [2.05, 4.69) is 5.32 Å². The summed E-state index contributed by atoms with van der Waals surface area (Å²) < 4.78 is 0. The smallest absolute Gasteiger partial charge is 0.251 e. The van der Waals surface area contributed by atoms with Crippen LogP contribution in [0.15, 0.2) is 24.3 Å². The highest BCUT2D eigenvalue weighted by Crippen LogP contribution is 2.23. The van der Waals surface area contributed by atoms with Crippen molar-refractivity contribution in [1.29, 1.82) is 5.26 Å². The van der Waals surface area contributed by atoms with Crippen molar-refractivity contribution in [3.63, 3.8) is 0 Å². The summed E-state index contributed by atoms with van der Waals surface area (Å²) >= 11 is 0. The second-order valence-corrected chi connectivity index (χ2v) is 5.09. The summed E-state index contributed by atoms with van der Waals surface area (Å²) in [6.45, 7) is 0.607. The Morgan fingerprint density at radius 2 is 2.11 bits per heavy atom. The van der Waals surface area contributed by atoms with Crippen LogP contribution < -0.4 is 5.32 Å². The fourth-order valence-electron chi connectivity index (χ4n) is 2.48. The van der Waals surface area contributed by atoms with E-state index in [4.69, 9.17) is 5.26 Å². The van der Waals surface area contributed by atoms with E-state index in [0.29, 0.717) is 23.6 Å². The first-order valence-corrected chi connectivity index (χ1v) is 6.65. The molecule has 1 amide bonds. The first kappa shape index (κ1) is 13.6. The van der Waals surface area contributed by atoms with Crippen LogP contribution >= 0.6 is 0 Å². The van der Waals surface area contributed by atoms with E-state index in [9.17, 15) is 9.90 Å². The van der Waals surface area contributed by atoms with Crippen LogP contribution in [-0.2, 0) is 0 Å². The Morgan fingerprint density at radius 3 is 2.74 bits per heavy atom. The molecule has 0 saturated heterocycles. The van der Waals surface area contributed by atoms with E-state index in [1.165, 1.54) is 0 Å². The van der Waals surface area contributed by atoms with Crippen molar-refractivity contribution in [2.75, 3.05) is 6.54 Å². The van der Waals surface area contributed by atoms with Gasteiger partial charge < -0.3 is 10.4 Å². The van der Waals surface area contributed by atoms with E-state index in [1.54, 1.807) is 24.3 Å². The number of aliphatic hydroxyl groups is 1. The van der Waals surface area contributed by atoms with Crippen molar-refractivity contribution in [3.8, 4) is 6.07 Å². The van der Waals surface area contributed by atoms with Gasteiger partial charge in [0.1, 0.15) is 0 Å². The van der Waals surface area contributed by atoms with Gasteiger partial charge in [0.25, 0.3) is 5.91 Å². The highest BCUT2D eigenvalue weighted by atomic mass is 16.3. The van der Waals surface area contributed by atoms with E-state index >= 15 is 0 Å². The van der Waals surface area contributed by atoms with Crippen LogP contribution in [0.5, 0.6) is 0 Å². The van der Waals surface area contributed by atoms with Crippen LogP contribution in [0.25, 0.3) is 0 Å². The van der Waals surface area contributed by atoms with Gasteiger partial charge in [0.05, 0.1) is 17.7 Å². The zero-order valence-electron chi connectivity index (χ0n) is 10.8. The highest BCUT2D eigenvalue weighted by Gasteiger charge is 2.20. The average Bonchev–Trinajstić information content (AvgIpc) is 2.45. The topological polar surface area (TPSA) is 73.1 Å². The van der Waals surface area contributed by atoms with E-state index < -0.39 is 0 Å². The normalized spacial score (nSPS) is 22.5. The fraction of sp³-hybridized carbons (Fsp3) is 0.467. The van der Waals surface area contributed by atoms with Crippen LogP contribution in [0.3, 0.4) is 0 Å². The molecule has 2 atom stereocenters. The molecule has 19 heavy (non-hydrogen) atoms. The molecule has 2 unspecified atom stereocenters. The number of nitrogens with zero attached hydrogens (tertiary/aromatic N) is 1. The fourth-order valence-corrected chi connectivity index (χ4v) is 2.48. The number of nitrogens with one attached hydrogen (secondary N) is 1. The number of rotatable bonds is 3. The zero-order valence-corrected chi connectivity index (χ0v) is 10.8. The molecule has 1 aromatic carbocycles. The van der Waals surface area contributed by atoms with Gasteiger partial charge >= 0.3 is 0 Å². The second kappa shape index (κ2) is 6.35. The molecule has 100 valence electrons. The molecule has 1 aliphatic carbocycles. The van der Waals surface area contributed by atoms with Gasteiger partial charge in [-0.3, -0.25) is 4.79 Å². The summed E-state index contributed by atoms with van der Waals surface area (Å²) in [5.74, 6) is 0.246. The Morgan fingerprint density at radius 1 is 1.37 bits per heavy atom. The molecule has 0 aromatic heterocycles. The van der Waals surface area contributed by atoms with Crippen molar-refractivity contribution in [3.05, 3.63) is 35.4 Å². The zero-order chi connectivity index (χ0) is 13.7. The van der Waals surface area contributed by atoms with Gasteiger partial charge in [0.2, 0.25) is 0 Å². The first-order valence-electron chi connectivity index (χ1n) is 6.65. The molecule has 0 bridgehead atoms. The lowest BCUT2D eigenvalue weighted by Crippen LogP contribution is -2.32. The van der Waals surface area contributed by atoms with Gasteiger partial charge in [-0.2, -0.15) is 5.26 Å². The van der Waals surface area contributed by atoms with Crippen LogP contribution in [0.2, 0.25) is 0 Å². The highest BCUT2D eigenvalue weighted by molar-refractivity contribution is 5.94. The summed E-state index contributed by atoms with van der Waals surface area (Å²) in [6, 6.07) is 8.61. The maximum Gasteiger partial charge on any atom is 0.251 e. The number of hydrogen-bond donors (Lipinski definition) is 2. The molecular weight excluding hydrogens is 240 g/mol. The van der Waals surface area contributed by atoms with Gasteiger partial charge in [-0.1, -0.05) is 6.42 Å². The van der Waals surface area contributed by atoms with Gasteiger partial charge in [0.15, 0.2) is 0 Å². The molecule has 0 spiro atoms. The molecule has 1 aliphatic rings. The third-order valence-corrected chi connectivity index (χ3v) is 3.58. The molecule has 2 rings (SSSR count). The van der Waals surface area contributed by atoms with Crippen molar-refractivity contribution in [2.24, 2.45) is 5.92 Å². The molecule has 1 saturated carbocycles. The summed E-state index contributed by atoms with van der Waals surface area (Å²) in [5, 5.41) is 21.2. The summed E-state index contributed by atoms with van der Waals surface area (Å²) in [6.07, 6.45) is 3.52. The molecule has 0 heterocycles. The van der Waals surface area contributed by atoms with Crippen LogP contribution in [0.1, 0.15) is 41.6 Å². The van der Waals surface area contributed by atoms with Crippen LogP contribution in [0.4, 0.5) is 0 Å². The van der Waals surface area contributed by atoms with Crippen molar-refractivity contribution in [1.82, 2.24) is 5.32 Å². The van der Waals surface area contributed by atoms with E-state index in [0.717, 1.165) is 25.7 Å². The molecule has 4 heteroatoms. The average molecular weight is 258 g/mol. The lowest BCUT2D eigenvalue weighted by Gasteiger charge is -2.25. The summed E-state index contributed by atoms with van der Waals surface area (Å²) in [4.78, 5) is 11.9. The monoisotopic (exact) mass is 258 g/mol. The number of nitriles is 1. The molecular formula is C15H18N2O2. The number of aliphatic hydroxyl groups excluding tert-OH is 1. The molecule has 0 radical (unpaired) electrons. The van der Waals surface area contributed by atoms with Crippen molar-refractivity contribution < 1.29 is 9.90 Å². The van der Waals surface area contributed by atoms with Gasteiger partial charge in [0, 0.05) is 12.1 Å². The maximum atomic E-state index is 11.9. The Hall–Kier alpha value is -1.86. The third kappa shape index (κ3) is 3.80. The van der Waals surface area contributed by atoms with E-state index in [-0.39, 0.29) is 12.0 Å². The Bertz CT molecular complexity index is 476. The summed E-state index contributed by atoms with van der Waals surface area (Å²) in [7, 11) is 0. The van der Waals surface area contributed by atoms with Gasteiger partial charge in [-0.15, -0.1) is 0 Å². The number of carbonyl (C=O) groups is 1. The predicted molar refractivity (Wildman–Crippen MR) is 71.5 cm³/mol. The second-order valence-electron chi connectivity index (χ2n) is 5.09. The van der Waals surface area contributed by atoms with E-state index in [1.807, 2.05) is 6.07 Å². The Labute approximate surface area is 113 Å². The Balaban J connectivity index is 1.85. The quantitative estimate of drug-likeness (QED) is 0.868. The van der Waals surface area contributed by atoms with Crippen molar-refractivity contribution in [2.45, 2.75) is 31.8 Å². The SMILES string of the molecule is N#Cc1ccc(C(=O)NCC2CCCC(O)C2)cc1. The third-order valence-electron chi connectivity index (χ3n) is 3.58. The van der Waals surface area contributed by atoms with Crippen LogP contribution in [0, 0.1) is 17.2 Å². The number of amides is 1.